The number of nitrogens with two attached hydrogens (primary N) is 1. The lowest BCUT2D eigenvalue weighted by Crippen LogP contribution is -2.51. The van der Waals surface area contributed by atoms with Crippen molar-refractivity contribution < 1.29 is 19.0 Å². The molecule has 2 aromatic rings. The van der Waals surface area contributed by atoms with E-state index < -0.39 is 5.54 Å². The Morgan fingerprint density at radius 2 is 2.04 bits per heavy atom. The molecule has 0 radical (unpaired) electrons. The number of rotatable bonds is 1. The minimum absolute atomic E-state index is 0.0517. The zero-order valence-electron chi connectivity index (χ0n) is 15.1. The van der Waals surface area contributed by atoms with Crippen molar-refractivity contribution in [2.75, 3.05) is 6.61 Å². The second-order valence-electron chi connectivity index (χ2n) is 7.76. The van der Waals surface area contributed by atoms with Crippen molar-refractivity contribution in [1.82, 2.24) is 0 Å². The standard InChI is InChI=1S/C21H20ClFN2O3/c22-13-5-12(6-14(23)8-13)11-1-4-18-17(7-11)21(10-27-20(24)25-21)16-3-2-15(26)9-19(16)28-18/h1,4-8,15-16,19,26H,2-3,9-10H2,(H2,24,25)/t15-,16-,19-,21?/m0/s1. The van der Waals surface area contributed by atoms with E-state index in [1.165, 1.54) is 12.1 Å². The Labute approximate surface area is 166 Å². The molecule has 2 heterocycles. The topological polar surface area (TPSA) is 77.1 Å². The molecule has 2 aliphatic heterocycles. The van der Waals surface area contributed by atoms with Gasteiger partial charge in [0, 0.05) is 22.9 Å². The highest BCUT2D eigenvalue weighted by Gasteiger charge is 2.55. The van der Waals surface area contributed by atoms with Crippen LogP contribution < -0.4 is 10.5 Å². The third kappa shape index (κ3) is 2.74. The molecule has 3 N–H and O–H groups in total. The van der Waals surface area contributed by atoms with Crippen LogP contribution in [0.4, 0.5) is 4.39 Å². The van der Waals surface area contributed by atoms with Gasteiger partial charge in [0.25, 0.3) is 6.02 Å². The largest absolute Gasteiger partial charge is 0.490 e. The van der Waals surface area contributed by atoms with E-state index in [1.54, 1.807) is 6.07 Å². The van der Waals surface area contributed by atoms with Crippen molar-refractivity contribution in [3.05, 3.63) is 52.8 Å². The summed E-state index contributed by atoms with van der Waals surface area (Å²) in [6.07, 6.45) is 1.49. The van der Waals surface area contributed by atoms with Gasteiger partial charge in [0.15, 0.2) is 0 Å². The predicted octanol–water partition coefficient (Wildman–Crippen LogP) is 3.61. The number of aliphatic hydroxyl groups excluding tert-OH is 1. The summed E-state index contributed by atoms with van der Waals surface area (Å²) in [6, 6.07) is 10.3. The van der Waals surface area contributed by atoms with Crippen molar-refractivity contribution in [2.45, 2.75) is 37.0 Å². The molecule has 0 bridgehead atoms. The van der Waals surface area contributed by atoms with E-state index in [9.17, 15) is 9.50 Å². The Morgan fingerprint density at radius 3 is 2.79 bits per heavy atom. The highest BCUT2D eigenvalue weighted by Crippen LogP contribution is 2.53. The van der Waals surface area contributed by atoms with Gasteiger partial charge in [-0.15, -0.1) is 0 Å². The molecule has 1 aliphatic carbocycles. The molecule has 146 valence electrons. The first kappa shape index (κ1) is 17.8. The number of amidine groups is 1. The molecular formula is C21H20ClFN2O3. The lowest BCUT2D eigenvalue weighted by atomic mass is 9.67. The van der Waals surface area contributed by atoms with Crippen LogP contribution in [-0.4, -0.2) is 29.9 Å². The van der Waals surface area contributed by atoms with Crippen LogP contribution in [0, 0.1) is 11.7 Å². The molecule has 1 fully saturated rings. The Hall–Kier alpha value is -2.31. The number of aliphatic hydroxyl groups is 1. The van der Waals surface area contributed by atoms with Gasteiger partial charge in [-0.2, -0.15) is 0 Å². The summed E-state index contributed by atoms with van der Waals surface area (Å²) in [5.74, 6) is 0.360. The quantitative estimate of drug-likeness (QED) is 0.764. The van der Waals surface area contributed by atoms with E-state index >= 15 is 0 Å². The van der Waals surface area contributed by atoms with Crippen LogP contribution in [0.2, 0.25) is 5.02 Å². The monoisotopic (exact) mass is 402 g/mol. The molecule has 7 heteroatoms. The Morgan fingerprint density at radius 1 is 1.18 bits per heavy atom. The van der Waals surface area contributed by atoms with Crippen LogP contribution in [-0.2, 0) is 10.3 Å². The normalized spacial score (nSPS) is 30.8. The third-order valence-corrected chi connectivity index (χ3v) is 6.27. The number of benzene rings is 2. The molecule has 3 aliphatic rings. The van der Waals surface area contributed by atoms with E-state index in [1.807, 2.05) is 18.2 Å². The maximum absolute atomic E-state index is 13.9. The molecule has 1 unspecified atom stereocenters. The summed E-state index contributed by atoms with van der Waals surface area (Å²) < 4.78 is 25.7. The molecule has 2 aromatic carbocycles. The van der Waals surface area contributed by atoms with Crippen LogP contribution >= 0.6 is 11.6 Å². The average molecular weight is 403 g/mol. The van der Waals surface area contributed by atoms with E-state index in [-0.39, 0.29) is 30.0 Å². The summed E-state index contributed by atoms with van der Waals surface area (Å²) in [5, 5.41) is 10.4. The zero-order chi connectivity index (χ0) is 19.5. The van der Waals surface area contributed by atoms with Crippen molar-refractivity contribution in [3.63, 3.8) is 0 Å². The Balaban J connectivity index is 1.66. The number of nitrogens with zero attached hydrogens (tertiary/aromatic N) is 1. The molecule has 1 spiro atoms. The molecule has 0 amide bonds. The van der Waals surface area contributed by atoms with Crippen molar-refractivity contribution in [1.29, 1.82) is 0 Å². The fourth-order valence-electron chi connectivity index (χ4n) is 4.79. The Kier molecular flexibility index (Phi) is 4.03. The van der Waals surface area contributed by atoms with Gasteiger partial charge in [0.05, 0.1) is 6.10 Å². The molecule has 5 rings (SSSR count). The molecule has 28 heavy (non-hydrogen) atoms. The summed E-state index contributed by atoms with van der Waals surface area (Å²) >= 11 is 6.04. The maximum atomic E-state index is 13.9. The number of ether oxygens (including phenoxy) is 2. The van der Waals surface area contributed by atoms with Crippen molar-refractivity contribution in [3.8, 4) is 16.9 Å². The van der Waals surface area contributed by atoms with E-state index in [0.29, 0.717) is 35.8 Å². The number of fused-ring (bicyclic) bond motifs is 4. The highest BCUT2D eigenvalue weighted by molar-refractivity contribution is 6.30. The van der Waals surface area contributed by atoms with Crippen LogP contribution in [0.15, 0.2) is 41.4 Å². The second kappa shape index (κ2) is 6.36. The van der Waals surface area contributed by atoms with Gasteiger partial charge in [0.2, 0.25) is 0 Å². The van der Waals surface area contributed by atoms with Gasteiger partial charge in [-0.1, -0.05) is 17.7 Å². The summed E-state index contributed by atoms with van der Waals surface area (Å²) in [5.41, 5.74) is 7.63. The van der Waals surface area contributed by atoms with Crippen LogP contribution in [0.3, 0.4) is 0 Å². The fourth-order valence-corrected chi connectivity index (χ4v) is 5.01. The minimum Gasteiger partial charge on any atom is -0.490 e. The molecule has 4 atom stereocenters. The summed E-state index contributed by atoms with van der Waals surface area (Å²) in [7, 11) is 0. The van der Waals surface area contributed by atoms with Gasteiger partial charge in [-0.05, 0) is 54.3 Å². The van der Waals surface area contributed by atoms with Crippen molar-refractivity contribution in [2.24, 2.45) is 16.6 Å². The molecule has 1 saturated carbocycles. The average Bonchev–Trinajstić information content (AvgIpc) is 3.03. The summed E-state index contributed by atoms with van der Waals surface area (Å²) in [4.78, 5) is 4.71. The van der Waals surface area contributed by atoms with Crippen molar-refractivity contribution >= 4 is 17.6 Å². The highest BCUT2D eigenvalue weighted by atomic mass is 35.5. The lowest BCUT2D eigenvalue weighted by Gasteiger charge is -2.47. The summed E-state index contributed by atoms with van der Waals surface area (Å²) in [6.45, 7) is 0.333. The van der Waals surface area contributed by atoms with Gasteiger partial charge < -0.3 is 20.3 Å². The number of hydrogen-bond donors (Lipinski definition) is 2. The number of aliphatic imine (C=N–C) groups is 1. The SMILES string of the molecule is NC1=NC2(CO1)c1cc(-c3cc(F)cc(Cl)c3)ccc1O[C@H]1C[C@@H](O)CC[C@@H]12. The lowest BCUT2D eigenvalue weighted by molar-refractivity contribution is -0.0360. The zero-order valence-corrected chi connectivity index (χ0v) is 15.8. The van der Waals surface area contributed by atoms with Crippen LogP contribution in [0.1, 0.15) is 24.8 Å². The van der Waals surface area contributed by atoms with Gasteiger partial charge in [0.1, 0.15) is 29.8 Å². The minimum atomic E-state index is -0.657. The van der Waals surface area contributed by atoms with E-state index in [2.05, 4.69) is 0 Å². The predicted molar refractivity (Wildman–Crippen MR) is 104 cm³/mol. The van der Waals surface area contributed by atoms with Gasteiger partial charge in [-0.25, -0.2) is 9.38 Å². The van der Waals surface area contributed by atoms with Gasteiger partial charge in [-0.3, -0.25) is 0 Å². The van der Waals surface area contributed by atoms with E-state index in [0.717, 1.165) is 17.5 Å². The molecule has 0 aromatic heterocycles. The first-order chi connectivity index (χ1) is 13.4. The number of halogens is 2. The van der Waals surface area contributed by atoms with Crippen LogP contribution in [0.25, 0.3) is 11.1 Å². The van der Waals surface area contributed by atoms with E-state index in [4.69, 9.17) is 31.8 Å². The maximum Gasteiger partial charge on any atom is 0.283 e. The first-order valence-corrected chi connectivity index (χ1v) is 9.76. The molecule has 0 saturated heterocycles. The molecular weight excluding hydrogens is 383 g/mol. The molecule has 5 nitrogen and oxygen atoms in total. The Bertz CT molecular complexity index is 962. The second-order valence-corrected chi connectivity index (χ2v) is 8.20. The third-order valence-electron chi connectivity index (χ3n) is 6.05. The smallest absolute Gasteiger partial charge is 0.283 e. The number of hydrogen-bond acceptors (Lipinski definition) is 5. The fraction of sp³-hybridized carbons (Fsp3) is 0.381. The van der Waals surface area contributed by atoms with Gasteiger partial charge >= 0.3 is 0 Å². The first-order valence-electron chi connectivity index (χ1n) is 9.38. The van der Waals surface area contributed by atoms with Crippen LogP contribution in [0.5, 0.6) is 5.75 Å².